The lowest BCUT2D eigenvalue weighted by atomic mass is 9.65. The predicted octanol–water partition coefficient (Wildman–Crippen LogP) is 11.3. The first kappa shape index (κ1) is 33.2. The SMILES string of the molecule is c1ccc(-c2cc(-c3ccc(C4(c5ccc(-c6cc(-c7ccccn7)nc(-c7ccccn7)c6)cc5)CCCCC4)cc3)cc(-c3ccccn3)n2)nc1. The smallest absolute Gasteiger partial charge is 0.0900 e. The van der Waals surface area contributed by atoms with Gasteiger partial charge in [-0.25, -0.2) is 9.97 Å². The quantitative estimate of drug-likeness (QED) is 0.157. The summed E-state index contributed by atoms with van der Waals surface area (Å²) in [7, 11) is 0. The van der Waals surface area contributed by atoms with Gasteiger partial charge in [-0.15, -0.1) is 0 Å². The van der Waals surface area contributed by atoms with E-state index in [1.807, 2.05) is 97.6 Å². The van der Waals surface area contributed by atoms with Crippen molar-refractivity contribution in [1.29, 1.82) is 0 Å². The molecule has 6 heteroatoms. The Balaban J connectivity index is 1.07. The summed E-state index contributed by atoms with van der Waals surface area (Å²) >= 11 is 0. The number of aromatic nitrogens is 6. The molecule has 1 saturated carbocycles. The second kappa shape index (κ2) is 14.8. The minimum atomic E-state index is -0.0533. The highest BCUT2D eigenvalue weighted by molar-refractivity contribution is 5.76. The van der Waals surface area contributed by atoms with Gasteiger partial charge in [0.25, 0.3) is 0 Å². The fourth-order valence-corrected chi connectivity index (χ4v) is 7.84. The summed E-state index contributed by atoms with van der Waals surface area (Å²) in [6, 6.07) is 50.7. The third kappa shape index (κ3) is 6.70. The van der Waals surface area contributed by atoms with Crippen LogP contribution in [-0.2, 0) is 5.41 Å². The number of rotatable bonds is 8. The average Bonchev–Trinajstić information content (AvgIpc) is 3.27. The van der Waals surface area contributed by atoms with Crippen molar-refractivity contribution in [1.82, 2.24) is 29.9 Å². The highest BCUT2D eigenvalue weighted by Crippen LogP contribution is 2.46. The van der Waals surface area contributed by atoms with Crippen LogP contribution >= 0.6 is 0 Å². The molecule has 0 radical (unpaired) electrons. The van der Waals surface area contributed by atoms with Crippen LogP contribution in [0.5, 0.6) is 0 Å². The Morgan fingerprint density at radius 3 is 0.944 bits per heavy atom. The Bertz CT molecular complexity index is 2190. The van der Waals surface area contributed by atoms with Gasteiger partial charge in [-0.2, -0.15) is 0 Å². The van der Waals surface area contributed by atoms with Crippen LogP contribution in [-0.4, -0.2) is 29.9 Å². The largest absolute Gasteiger partial charge is 0.255 e. The van der Waals surface area contributed by atoms with Crippen molar-refractivity contribution in [2.24, 2.45) is 0 Å². The maximum absolute atomic E-state index is 4.98. The maximum Gasteiger partial charge on any atom is 0.0900 e. The molecule has 0 atom stereocenters. The van der Waals surface area contributed by atoms with Gasteiger partial charge in [-0.05, 0) is 119 Å². The van der Waals surface area contributed by atoms with Gasteiger partial charge in [-0.1, -0.05) is 92.1 Å². The highest BCUT2D eigenvalue weighted by Gasteiger charge is 2.35. The van der Waals surface area contributed by atoms with Crippen molar-refractivity contribution < 1.29 is 0 Å². The lowest BCUT2D eigenvalue weighted by Gasteiger charge is -2.39. The van der Waals surface area contributed by atoms with E-state index >= 15 is 0 Å². The molecule has 0 saturated heterocycles. The second-order valence-corrected chi connectivity index (χ2v) is 13.9. The topological polar surface area (TPSA) is 77.3 Å². The Kier molecular flexibility index (Phi) is 9.07. The Hall–Kier alpha value is -6.66. The van der Waals surface area contributed by atoms with Crippen molar-refractivity contribution in [2.75, 3.05) is 0 Å². The monoisotopic (exact) mass is 698 g/mol. The third-order valence-corrected chi connectivity index (χ3v) is 10.6. The van der Waals surface area contributed by atoms with Gasteiger partial charge >= 0.3 is 0 Å². The van der Waals surface area contributed by atoms with E-state index in [0.717, 1.165) is 80.6 Å². The van der Waals surface area contributed by atoms with Gasteiger partial charge in [0, 0.05) is 30.2 Å². The van der Waals surface area contributed by atoms with Crippen LogP contribution in [0.15, 0.2) is 170 Å². The van der Waals surface area contributed by atoms with Crippen LogP contribution in [0.4, 0.5) is 0 Å². The zero-order chi connectivity index (χ0) is 36.2. The molecule has 0 N–H and O–H groups in total. The first-order chi connectivity index (χ1) is 26.7. The van der Waals surface area contributed by atoms with Gasteiger partial charge < -0.3 is 0 Å². The standard InChI is InChI=1S/C48H38N6/c1-6-24-48(25-7-1,38-20-16-34(17-21-38)36-30-44(40-12-2-8-26-49-40)53-45(31-36)41-13-3-9-27-50-41)39-22-18-35(19-23-39)37-32-46(42-14-4-10-28-51-42)54-47(33-37)43-15-5-11-29-52-43/h2-5,8-23,26-33H,1,6-7,24-25H2. The number of pyridine rings is 6. The first-order valence-electron chi connectivity index (χ1n) is 18.6. The molecule has 0 spiro atoms. The zero-order valence-electron chi connectivity index (χ0n) is 29.9. The van der Waals surface area contributed by atoms with E-state index in [1.165, 1.54) is 30.4 Å². The molecule has 260 valence electrons. The lowest BCUT2D eigenvalue weighted by Crippen LogP contribution is -2.30. The molecule has 6 heterocycles. The molecular formula is C48H38N6. The molecule has 2 aromatic carbocycles. The van der Waals surface area contributed by atoms with Gasteiger partial charge in [-0.3, -0.25) is 19.9 Å². The molecule has 54 heavy (non-hydrogen) atoms. The van der Waals surface area contributed by atoms with E-state index in [4.69, 9.17) is 9.97 Å². The van der Waals surface area contributed by atoms with Crippen LogP contribution in [0.1, 0.15) is 43.2 Å². The molecule has 9 rings (SSSR count). The molecule has 6 nitrogen and oxygen atoms in total. The lowest BCUT2D eigenvalue weighted by molar-refractivity contribution is 0.346. The van der Waals surface area contributed by atoms with Crippen LogP contribution in [0.25, 0.3) is 67.8 Å². The second-order valence-electron chi connectivity index (χ2n) is 13.9. The Labute approximate surface area is 315 Å². The van der Waals surface area contributed by atoms with Crippen molar-refractivity contribution >= 4 is 0 Å². The molecule has 8 aromatic rings. The van der Waals surface area contributed by atoms with Crippen molar-refractivity contribution in [3.63, 3.8) is 0 Å². The van der Waals surface area contributed by atoms with E-state index in [9.17, 15) is 0 Å². The Morgan fingerprint density at radius 1 is 0.315 bits per heavy atom. The summed E-state index contributed by atoms with van der Waals surface area (Å²) in [5.74, 6) is 0. The number of hydrogen-bond donors (Lipinski definition) is 0. The maximum atomic E-state index is 4.98. The molecule has 1 aliphatic rings. The van der Waals surface area contributed by atoms with Gasteiger partial charge in [0.15, 0.2) is 0 Å². The van der Waals surface area contributed by atoms with E-state index < -0.39 is 0 Å². The molecule has 0 aliphatic heterocycles. The van der Waals surface area contributed by atoms with Gasteiger partial charge in [0.05, 0.1) is 45.6 Å². The fourth-order valence-electron chi connectivity index (χ4n) is 7.84. The van der Waals surface area contributed by atoms with Crippen LogP contribution in [0, 0.1) is 0 Å². The molecule has 0 unspecified atom stereocenters. The molecule has 1 aliphatic carbocycles. The minimum Gasteiger partial charge on any atom is -0.255 e. The average molecular weight is 699 g/mol. The van der Waals surface area contributed by atoms with E-state index in [1.54, 1.807) is 0 Å². The highest BCUT2D eigenvalue weighted by atomic mass is 14.8. The van der Waals surface area contributed by atoms with Crippen LogP contribution in [0.3, 0.4) is 0 Å². The first-order valence-corrected chi connectivity index (χ1v) is 18.6. The summed E-state index contributed by atoms with van der Waals surface area (Å²) in [6.45, 7) is 0. The summed E-state index contributed by atoms with van der Waals surface area (Å²) in [6.07, 6.45) is 13.2. The van der Waals surface area contributed by atoms with Crippen LogP contribution < -0.4 is 0 Å². The third-order valence-electron chi connectivity index (χ3n) is 10.6. The summed E-state index contributed by atoms with van der Waals surface area (Å²) in [4.78, 5) is 28.4. The van der Waals surface area contributed by atoms with Crippen molar-refractivity contribution in [3.05, 3.63) is 182 Å². The molecule has 6 aromatic heterocycles. The molecule has 1 fully saturated rings. The van der Waals surface area contributed by atoms with Crippen molar-refractivity contribution in [2.45, 2.75) is 37.5 Å². The van der Waals surface area contributed by atoms with Crippen LogP contribution in [0.2, 0.25) is 0 Å². The summed E-state index contributed by atoms with van der Waals surface area (Å²) < 4.78 is 0. The number of nitrogens with zero attached hydrogens (tertiary/aromatic N) is 6. The van der Waals surface area contributed by atoms with E-state index in [0.29, 0.717) is 0 Å². The van der Waals surface area contributed by atoms with Gasteiger partial charge in [0.2, 0.25) is 0 Å². The van der Waals surface area contributed by atoms with Crippen molar-refractivity contribution in [3.8, 4) is 67.8 Å². The summed E-state index contributed by atoms with van der Waals surface area (Å²) in [5, 5.41) is 0. The number of hydrogen-bond acceptors (Lipinski definition) is 6. The van der Waals surface area contributed by atoms with E-state index in [-0.39, 0.29) is 5.41 Å². The Morgan fingerprint density at radius 2 is 0.648 bits per heavy atom. The fraction of sp³-hybridized carbons (Fsp3) is 0.125. The summed E-state index contributed by atoms with van der Waals surface area (Å²) in [5.41, 5.74) is 13.8. The molecule has 0 bridgehead atoms. The number of benzene rings is 2. The predicted molar refractivity (Wildman–Crippen MR) is 216 cm³/mol. The molecule has 0 amide bonds. The molecular weight excluding hydrogens is 661 g/mol. The minimum absolute atomic E-state index is 0.0533. The van der Waals surface area contributed by atoms with Gasteiger partial charge in [0.1, 0.15) is 0 Å². The van der Waals surface area contributed by atoms with E-state index in [2.05, 4.69) is 92.7 Å². The zero-order valence-corrected chi connectivity index (χ0v) is 29.9. The normalized spacial score (nSPS) is 13.7.